The summed E-state index contributed by atoms with van der Waals surface area (Å²) in [6, 6.07) is 12.1. The first-order chi connectivity index (χ1) is 31.3. The summed E-state index contributed by atoms with van der Waals surface area (Å²) in [5.41, 5.74) is 4.61. The van der Waals surface area contributed by atoms with Gasteiger partial charge in [-0.2, -0.15) is 5.10 Å². The van der Waals surface area contributed by atoms with Crippen molar-refractivity contribution in [1.82, 2.24) is 39.4 Å². The number of anilines is 2. The minimum absolute atomic E-state index is 0.0417. The number of hydrogen-bond donors (Lipinski definition) is 2. The van der Waals surface area contributed by atoms with Gasteiger partial charge in [0, 0.05) is 92.9 Å². The van der Waals surface area contributed by atoms with E-state index in [1.165, 1.54) is 12.1 Å². The Hall–Kier alpha value is -6.23. The number of nitrogens with zero attached hydrogens (tertiary/aromatic N) is 8. The molecule has 9 rings (SSSR count). The first-order valence-electron chi connectivity index (χ1n) is 22.9. The number of fused-ring (bicyclic) bond motifs is 7. The number of ether oxygens (including phenoxy) is 1. The van der Waals surface area contributed by atoms with Crippen LogP contribution in [0.25, 0.3) is 22.3 Å². The number of halogens is 2. The Morgan fingerprint density at radius 3 is 2.40 bits per heavy atom. The molecule has 2 N–H and O–H groups in total. The maximum absolute atomic E-state index is 15.3. The van der Waals surface area contributed by atoms with Gasteiger partial charge in [0.05, 0.1) is 41.0 Å². The molecule has 0 saturated carbocycles. The molecule has 3 aromatic heterocycles. The molecule has 15 nitrogen and oxygen atoms in total. The van der Waals surface area contributed by atoms with Gasteiger partial charge in [0.1, 0.15) is 11.6 Å². The van der Waals surface area contributed by atoms with E-state index in [2.05, 4.69) is 27.6 Å². The van der Waals surface area contributed by atoms with E-state index in [0.717, 1.165) is 62.7 Å². The molecule has 4 aliphatic heterocycles. The summed E-state index contributed by atoms with van der Waals surface area (Å²) in [5.74, 6) is -2.81. The monoisotopic (exact) mass is 890 g/mol. The normalized spacial score (nSPS) is 20.6. The quantitative estimate of drug-likeness (QED) is 0.178. The fraction of sp³-hybridized carbons (Fsp3) is 0.479. The molecule has 2 atom stereocenters. The minimum Gasteiger partial charge on any atom is -0.477 e. The summed E-state index contributed by atoms with van der Waals surface area (Å²) < 4.78 is 40.6. The molecule has 5 aromatic rings. The molecule has 4 amide bonds. The van der Waals surface area contributed by atoms with Crippen molar-refractivity contribution in [3.63, 3.8) is 0 Å². The molecule has 0 radical (unpaired) electrons. The molecule has 65 heavy (non-hydrogen) atoms. The highest BCUT2D eigenvalue weighted by Gasteiger charge is 2.35. The first-order valence-corrected chi connectivity index (χ1v) is 22.9. The van der Waals surface area contributed by atoms with E-state index in [1.54, 1.807) is 23.0 Å². The van der Waals surface area contributed by atoms with E-state index in [9.17, 15) is 19.2 Å². The average molecular weight is 891 g/mol. The van der Waals surface area contributed by atoms with Gasteiger partial charge >= 0.3 is 0 Å². The van der Waals surface area contributed by atoms with E-state index in [0.29, 0.717) is 84.4 Å². The van der Waals surface area contributed by atoms with Crippen LogP contribution in [0.3, 0.4) is 0 Å². The van der Waals surface area contributed by atoms with Gasteiger partial charge in [0.2, 0.25) is 23.6 Å². The van der Waals surface area contributed by atoms with Gasteiger partial charge in [-0.25, -0.2) is 18.4 Å². The second-order valence-corrected chi connectivity index (χ2v) is 18.1. The number of amides is 4. The van der Waals surface area contributed by atoms with Crippen LogP contribution < -0.4 is 20.3 Å². The maximum atomic E-state index is 15.3. The van der Waals surface area contributed by atoms with Gasteiger partial charge in [0.15, 0.2) is 0 Å². The molecule has 342 valence electrons. The third-order valence-corrected chi connectivity index (χ3v) is 13.7. The number of carbonyl (C=O) groups is 4. The van der Waals surface area contributed by atoms with Crippen LogP contribution in [0.4, 0.5) is 20.4 Å². The minimum atomic E-state index is -1.03. The molecule has 0 unspecified atom stereocenters. The van der Waals surface area contributed by atoms with Crippen LogP contribution >= 0.6 is 0 Å². The van der Waals surface area contributed by atoms with Crippen LogP contribution in [-0.4, -0.2) is 109 Å². The van der Waals surface area contributed by atoms with E-state index in [1.807, 2.05) is 53.5 Å². The molecule has 3 saturated heterocycles. The number of hydrogen-bond acceptors (Lipinski definition) is 10. The van der Waals surface area contributed by atoms with Crippen molar-refractivity contribution in [2.45, 2.75) is 96.7 Å². The number of likely N-dealkylation sites (tertiary alicyclic amines) is 1. The molecule has 7 heterocycles. The summed E-state index contributed by atoms with van der Waals surface area (Å²) in [7, 11) is 1.83. The zero-order valence-electron chi connectivity index (χ0n) is 37.4. The lowest BCUT2D eigenvalue weighted by Crippen LogP contribution is -2.52. The fourth-order valence-corrected chi connectivity index (χ4v) is 10.3. The van der Waals surface area contributed by atoms with Gasteiger partial charge in [0.25, 0.3) is 11.8 Å². The molecule has 3 fully saturated rings. The standard InChI is InChI=1S/C48H56F2N10O5/c1-5-59(33-14-18-57(19-15-33)32-12-16-58(17-13-32)34-24-37(49)43(38(50)25-34)35-9-11-42(61)54-45(35)63)46(64)30-8-10-39-41(23-30)60-27-28(2)7-6-20-65-47-36(26-51-56(47)4)40-22-31(21-29(3)52-40)44(62)55-48(60)53-39/h8,10,21-26,28,32-33,35H,5-7,9,11-20,27H2,1-4H3,(H,53,55,62)(H,54,61,63)/t28-,35-/m1/s1. The highest BCUT2D eigenvalue weighted by atomic mass is 19.1. The molecule has 17 heteroatoms. The predicted molar refractivity (Wildman–Crippen MR) is 241 cm³/mol. The van der Waals surface area contributed by atoms with Crippen LogP contribution in [0.1, 0.15) is 103 Å². The lowest BCUT2D eigenvalue weighted by atomic mass is 9.89. The van der Waals surface area contributed by atoms with Crippen LogP contribution in [0.5, 0.6) is 5.88 Å². The number of nitrogens with one attached hydrogen (secondary N) is 2. The number of carbonyl (C=O) groups excluding carboxylic acids is 4. The second kappa shape index (κ2) is 18.3. The molecule has 2 bridgehead atoms. The summed E-state index contributed by atoms with van der Waals surface area (Å²) in [6.45, 7) is 10.6. The zero-order valence-corrected chi connectivity index (χ0v) is 37.4. The second-order valence-electron chi connectivity index (χ2n) is 18.1. The number of piperidine rings is 3. The number of pyridine rings is 1. The number of imide groups is 1. The summed E-state index contributed by atoms with van der Waals surface area (Å²) in [4.78, 5) is 68.3. The third-order valence-electron chi connectivity index (χ3n) is 13.7. The summed E-state index contributed by atoms with van der Waals surface area (Å²) in [5, 5.41) is 9.67. The van der Waals surface area contributed by atoms with Crippen LogP contribution in [0.15, 0.2) is 48.7 Å². The average Bonchev–Trinajstić information content (AvgIpc) is 3.83. The summed E-state index contributed by atoms with van der Waals surface area (Å²) in [6.07, 6.45) is 6.80. The number of imidazole rings is 1. The van der Waals surface area contributed by atoms with Crippen molar-refractivity contribution in [3.8, 4) is 17.1 Å². The van der Waals surface area contributed by atoms with Crippen LogP contribution in [0, 0.1) is 24.5 Å². The highest BCUT2D eigenvalue weighted by molar-refractivity contribution is 6.05. The first kappa shape index (κ1) is 44.0. The maximum Gasteiger partial charge on any atom is 0.258 e. The van der Waals surface area contributed by atoms with E-state index in [-0.39, 0.29) is 42.2 Å². The van der Waals surface area contributed by atoms with Crippen molar-refractivity contribution in [1.29, 1.82) is 0 Å². The Morgan fingerprint density at radius 1 is 0.923 bits per heavy atom. The number of benzene rings is 2. The molecule has 0 spiro atoms. The van der Waals surface area contributed by atoms with Crippen molar-refractivity contribution >= 4 is 46.3 Å². The SMILES string of the molecule is CCN(C(=O)c1ccc2nc3n(c2c1)C[C@H](C)CCCOc1c(cnn1C)-c1cc(cc(C)n1)C(=O)N3)C1CCN(C2CCN(c3cc(F)c([C@H]4CCC(=O)NC4=O)c(F)c3)CC2)CC1. The smallest absolute Gasteiger partial charge is 0.258 e. The van der Waals surface area contributed by atoms with Gasteiger partial charge in [-0.3, -0.25) is 34.8 Å². The molecule has 0 aliphatic carbocycles. The highest BCUT2D eigenvalue weighted by Crippen LogP contribution is 2.35. The molecule has 2 aromatic carbocycles. The van der Waals surface area contributed by atoms with Crippen molar-refractivity contribution < 1.29 is 32.7 Å². The van der Waals surface area contributed by atoms with Gasteiger partial charge in [-0.15, -0.1) is 0 Å². The molecule has 4 aliphatic rings. The van der Waals surface area contributed by atoms with Gasteiger partial charge in [-0.1, -0.05) is 6.92 Å². The van der Waals surface area contributed by atoms with Gasteiger partial charge < -0.3 is 24.0 Å². The van der Waals surface area contributed by atoms with Crippen LogP contribution in [-0.2, 0) is 23.2 Å². The molecular weight excluding hydrogens is 835 g/mol. The van der Waals surface area contributed by atoms with Gasteiger partial charge in [-0.05, 0) is 107 Å². The lowest BCUT2D eigenvalue weighted by molar-refractivity contribution is -0.134. The van der Waals surface area contributed by atoms with Crippen molar-refractivity contribution in [3.05, 3.63) is 82.7 Å². The molecular formula is C48H56F2N10O5. The topological polar surface area (TPSA) is 160 Å². The van der Waals surface area contributed by atoms with E-state index in [4.69, 9.17) is 14.7 Å². The van der Waals surface area contributed by atoms with Crippen molar-refractivity contribution in [2.24, 2.45) is 13.0 Å². The zero-order chi connectivity index (χ0) is 45.5. The Bertz CT molecular complexity index is 2620. The largest absolute Gasteiger partial charge is 0.477 e. The predicted octanol–water partition coefficient (Wildman–Crippen LogP) is 6.60. The third kappa shape index (κ3) is 8.94. The number of rotatable bonds is 6. The Morgan fingerprint density at radius 2 is 1.68 bits per heavy atom. The fourth-order valence-electron chi connectivity index (χ4n) is 10.3. The van der Waals surface area contributed by atoms with Crippen LogP contribution in [0.2, 0.25) is 0 Å². The Labute approximate surface area is 376 Å². The Balaban J connectivity index is 0.861. The number of aromatic nitrogens is 5. The van der Waals surface area contributed by atoms with E-state index < -0.39 is 29.4 Å². The Kier molecular flexibility index (Phi) is 12.4. The number of aryl methyl sites for hydroxylation is 2. The van der Waals surface area contributed by atoms with Crippen molar-refractivity contribution in [2.75, 3.05) is 49.5 Å². The summed E-state index contributed by atoms with van der Waals surface area (Å²) >= 11 is 0. The van der Waals surface area contributed by atoms with E-state index >= 15 is 8.78 Å². The lowest BCUT2D eigenvalue weighted by Gasteiger charge is -2.44.